The van der Waals surface area contributed by atoms with Gasteiger partial charge in [-0.1, -0.05) is 19.1 Å². The van der Waals surface area contributed by atoms with Gasteiger partial charge in [0.15, 0.2) is 0 Å². The highest BCUT2D eigenvalue weighted by molar-refractivity contribution is 5.54. The van der Waals surface area contributed by atoms with Crippen LogP contribution in [-0.2, 0) is 11.3 Å². The Labute approximate surface area is 125 Å². The van der Waals surface area contributed by atoms with Gasteiger partial charge in [0.2, 0.25) is 0 Å². The molecule has 21 heavy (non-hydrogen) atoms. The Hall–Kier alpha value is -1.17. The number of benzene rings is 1. The maximum Gasteiger partial charge on any atom is 0.146 e. The Morgan fingerprint density at radius 2 is 2.10 bits per heavy atom. The third kappa shape index (κ3) is 4.15. The predicted octanol–water partition coefficient (Wildman–Crippen LogP) is 1.91. The number of hydrogen-bond donors (Lipinski definition) is 2. The van der Waals surface area contributed by atoms with Gasteiger partial charge in [-0.05, 0) is 18.2 Å². The molecule has 0 spiro atoms. The molecule has 1 saturated heterocycles. The first-order valence-electron chi connectivity index (χ1n) is 7.55. The lowest BCUT2D eigenvalue weighted by atomic mass is 9.93. The molecule has 1 aliphatic heterocycles. The zero-order valence-corrected chi connectivity index (χ0v) is 12.9. The van der Waals surface area contributed by atoms with Crippen LogP contribution in [0.15, 0.2) is 18.2 Å². The van der Waals surface area contributed by atoms with E-state index in [2.05, 4.69) is 5.32 Å². The fourth-order valence-corrected chi connectivity index (χ4v) is 2.82. The summed E-state index contributed by atoms with van der Waals surface area (Å²) in [4.78, 5) is 1.83. The van der Waals surface area contributed by atoms with E-state index in [4.69, 9.17) is 4.74 Å². The molecule has 2 N–H and O–H groups in total. The summed E-state index contributed by atoms with van der Waals surface area (Å²) in [5.74, 6) is -0.247. The van der Waals surface area contributed by atoms with Crippen LogP contribution in [0.3, 0.4) is 0 Å². The van der Waals surface area contributed by atoms with Crippen LogP contribution in [0.1, 0.15) is 25.3 Å². The van der Waals surface area contributed by atoms with Crippen molar-refractivity contribution in [2.24, 2.45) is 0 Å². The van der Waals surface area contributed by atoms with Crippen LogP contribution in [0.2, 0.25) is 0 Å². The Bertz CT molecular complexity index is 462. The Balaban J connectivity index is 2.15. The van der Waals surface area contributed by atoms with Crippen LogP contribution in [0.25, 0.3) is 0 Å². The van der Waals surface area contributed by atoms with E-state index in [-0.39, 0.29) is 5.82 Å². The minimum absolute atomic E-state index is 0.247. The molecule has 1 fully saturated rings. The monoisotopic (exact) mass is 296 g/mol. The number of rotatable bonds is 6. The summed E-state index contributed by atoms with van der Waals surface area (Å²) in [5, 5.41) is 13.8. The van der Waals surface area contributed by atoms with Crippen molar-refractivity contribution in [1.82, 2.24) is 5.32 Å². The van der Waals surface area contributed by atoms with Crippen molar-refractivity contribution in [1.29, 1.82) is 0 Å². The van der Waals surface area contributed by atoms with Crippen LogP contribution >= 0.6 is 0 Å². The van der Waals surface area contributed by atoms with Gasteiger partial charge in [0.25, 0.3) is 0 Å². The van der Waals surface area contributed by atoms with Crippen LogP contribution in [0.5, 0.6) is 0 Å². The van der Waals surface area contributed by atoms with E-state index in [1.807, 2.05) is 24.9 Å². The molecule has 1 heterocycles. The maximum atomic E-state index is 14.2. The molecule has 0 bridgehead atoms. The number of hydrogen-bond acceptors (Lipinski definition) is 4. The zero-order chi connectivity index (χ0) is 15.3. The first kappa shape index (κ1) is 16.2. The van der Waals surface area contributed by atoms with E-state index < -0.39 is 5.60 Å². The van der Waals surface area contributed by atoms with E-state index in [1.165, 1.54) is 6.07 Å². The highest BCUT2D eigenvalue weighted by Gasteiger charge is 2.32. The number of likely N-dealkylation sites (N-methyl/N-ethyl adjacent to an activating group) is 1. The molecule has 4 nitrogen and oxygen atoms in total. The van der Waals surface area contributed by atoms with Crippen LogP contribution in [0, 0.1) is 5.82 Å². The molecule has 1 aliphatic rings. The van der Waals surface area contributed by atoms with Gasteiger partial charge < -0.3 is 20.1 Å². The number of halogens is 1. The molecule has 0 aromatic heterocycles. The second-order valence-electron chi connectivity index (χ2n) is 5.72. The van der Waals surface area contributed by atoms with Crippen molar-refractivity contribution >= 4 is 5.69 Å². The lowest BCUT2D eigenvalue weighted by molar-refractivity contribution is -0.0573. The van der Waals surface area contributed by atoms with E-state index in [0.29, 0.717) is 44.8 Å². The third-order valence-corrected chi connectivity index (χ3v) is 3.97. The molecule has 0 amide bonds. The molecular formula is C16H25FN2O2. The fourth-order valence-electron chi connectivity index (χ4n) is 2.82. The first-order valence-corrected chi connectivity index (χ1v) is 7.55. The zero-order valence-electron chi connectivity index (χ0n) is 12.9. The van der Waals surface area contributed by atoms with Crippen molar-refractivity contribution in [3.63, 3.8) is 0 Å². The highest BCUT2D eigenvalue weighted by atomic mass is 19.1. The normalized spacial score (nSPS) is 17.7. The molecule has 0 radical (unpaired) electrons. The van der Waals surface area contributed by atoms with Gasteiger partial charge in [-0.3, -0.25) is 0 Å². The summed E-state index contributed by atoms with van der Waals surface area (Å²) in [5.41, 5.74) is 0.679. The van der Waals surface area contributed by atoms with Gasteiger partial charge in [-0.25, -0.2) is 4.39 Å². The molecule has 1 aromatic rings. The van der Waals surface area contributed by atoms with Crippen LogP contribution in [-0.4, -0.2) is 44.1 Å². The van der Waals surface area contributed by atoms with E-state index in [9.17, 15) is 9.50 Å². The van der Waals surface area contributed by atoms with Crippen molar-refractivity contribution in [3.8, 4) is 0 Å². The predicted molar refractivity (Wildman–Crippen MR) is 82.1 cm³/mol. The summed E-state index contributed by atoms with van der Waals surface area (Å²) < 4.78 is 19.5. The molecule has 0 unspecified atom stereocenters. The largest absolute Gasteiger partial charge is 0.388 e. The lowest BCUT2D eigenvalue weighted by Gasteiger charge is -2.37. The molecule has 118 valence electrons. The third-order valence-electron chi connectivity index (χ3n) is 3.97. The lowest BCUT2D eigenvalue weighted by Crippen LogP contribution is -2.46. The standard InChI is InChI=1S/C16H25FN2O2/c1-3-18-11-13-5-4-6-14(17)15(13)19(2)12-16(20)7-9-21-10-8-16/h4-6,18,20H,3,7-12H2,1-2H3. The van der Waals surface area contributed by atoms with Crippen molar-refractivity contribution in [2.45, 2.75) is 31.9 Å². The number of nitrogens with one attached hydrogen (secondary N) is 1. The molecule has 5 heteroatoms. The van der Waals surface area contributed by atoms with E-state index in [0.717, 1.165) is 12.1 Å². The molecule has 2 rings (SSSR count). The molecular weight excluding hydrogens is 271 g/mol. The van der Waals surface area contributed by atoms with E-state index in [1.54, 1.807) is 6.07 Å². The average molecular weight is 296 g/mol. The van der Waals surface area contributed by atoms with Gasteiger partial charge in [0.05, 0.1) is 11.3 Å². The number of aliphatic hydroxyl groups is 1. The summed E-state index contributed by atoms with van der Waals surface area (Å²) in [7, 11) is 1.83. The number of para-hydroxylation sites is 1. The molecule has 0 aliphatic carbocycles. The highest BCUT2D eigenvalue weighted by Crippen LogP contribution is 2.28. The van der Waals surface area contributed by atoms with Gasteiger partial charge in [0, 0.05) is 46.2 Å². The number of anilines is 1. The minimum atomic E-state index is -0.801. The van der Waals surface area contributed by atoms with E-state index >= 15 is 0 Å². The summed E-state index contributed by atoms with van der Waals surface area (Å²) in [6.45, 7) is 5.01. The minimum Gasteiger partial charge on any atom is -0.388 e. The first-order chi connectivity index (χ1) is 10.1. The van der Waals surface area contributed by atoms with Crippen molar-refractivity contribution < 1.29 is 14.2 Å². The van der Waals surface area contributed by atoms with Crippen molar-refractivity contribution in [3.05, 3.63) is 29.6 Å². The quantitative estimate of drug-likeness (QED) is 0.842. The number of nitrogens with zero attached hydrogens (tertiary/aromatic N) is 1. The summed E-state index contributed by atoms with van der Waals surface area (Å²) in [6, 6.07) is 5.11. The SMILES string of the molecule is CCNCc1cccc(F)c1N(C)CC1(O)CCOCC1. The molecule has 1 aromatic carbocycles. The second-order valence-corrected chi connectivity index (χ2v) is 5.72. The molecule has 0 saturated carbocycles. The Kier molecular flexibility index (Phi) is 5.56. The Morgan fingerprint density at radius 1 is 1.38 bits per heavy atom. The maximum absolute atomic E-state index is 14.2. The van der Waals surface area contributed by atoms with Gasteiger partial charge in [-0.2, -0.15) is 0 Å². The summed E-state index contributed by atoms with van der Waals surface area (Å²) >= 11 is 0. The van der Waals surface area contributed by atoms with Crippen LogP contribution < -0.4 is 10.2 Å². The van der Waals surface area contributed by atoms with Crippen LogP contribution in [0.4, 0.5) is 10.1 Å². The van der Waals surface area contributed by atoms with Crippen molar-refractivity contribution in [2.75, 3.05) is 38.3 Å². The average Bonchev–Trinajstić information content (AvgIpc) is 2.45. The second kappa shape index (κ2) is 7.20. The fraction of sp³-hybridized carbons (Fsp3) is 0.625. The smallest absolute Gasteiger partial charge is 0.146 e. The molecule has 0 atom stereocenters. The Morgan fingerprint density at radius 3 is 2.76 bits per heavy atom. The topological polar surface area (TPSA) is 44.7 Å². The van der Waals surface area contributed by atoms with Gasteiger partial charge >= 0.3 is 0 Å². The summed E-state index contributed by atoms with van der Waals surface area (Å²) in [6.07, 6.45) is 1.18. The van der Waals surface area contributed by atoms with Gasteiger partial charge in [0.1, 0.15) is 5.82 Å². The number of ether oxygens (including phenoxy) is 1. The van der Waals surface area contributed by atoms with Gasteiger partial charge in [-0.15, -0.1) is 0 Å².